The monoisotopic (exact) mass is 247 g/mol. The highest BCUT2D eigenvalue weighted by atomic mass is 79.9. The van der Waals surface area contributed by atoms with Gasteiger partial charge in [-0.05, 0) is 27.6 Å². The van der Waals surface area contributed by atoms with Gasteiger partial charge in [-0.3, -0.25) is 4.79 Å². The Bertz CT molecular complexity index is 354. The molecule has 0 fully saturated rings. The minimum atomic E-state index is -0.980. The normalized spacial score (nSPS) is 10.0. The zero-order valence-electron chi connectivity index (χ0n) is 6.55. The lowest BCUT2D eigenvalue weighted by molar-refractivity contribution is -0.136. The van der Waals surface area contributed by atoms with Crippen LogP contribution in [-0.4, -0.2) is 11.1 Å². The van der Waals surface area contributed by atoms with Gasteiger partial charge >= 0.3 is 5.97 Å². The molecule has 0 heterocycles. The van der Waals surface area contributed by atoms with E-state index in [-0.39, 0.29) is 12.1 Å². The van der Waals surface area contributed by atoms with E-state index in [1.165, 1.54) is 6.07 Å². The van der Waals surface area contributed by atoms with E-state index >= 15 is 0 Å². The first-order valence-corrected chi connectivity index (χ1v) is 4.26. The smallest absolute Gasteiger partial charge is 0.307 e. The number of nitrogens with two attached hydrogens (primary N) is 1. The molecule has 0 spiro atoms. The molecule has 0 saturated carbocycles. The van der Waals surface area contributed by atoms with Gasteiger partial charge in [-0.1, -0.05) is 6.07 Å². The number of carboxylic acids is 1. The maximum Gasteiger partial charge on any atom is 0.307 e. The fourth-order valence-electron chi connectivity index (χ4n) is 0.914. The minimum absolute atomic E-state index is 0.0567. The Hall–Kier alpha value is -1.10. The van der Waals surface area contributed by atoms with Crippen molar-refractivity contribution in [3.8, 4) is 0 Å². The average molecular weight is 248 g/mol. The second kappa shape index (κ2) is 3.74. The molecule has 0 aliphatic carbocycles. The van der Waals surface area contributed by atoms with Gasteiger partial charge in [-0.15, -0.1) is 0 Å². The maximum atomic E-state index is 12.8. The second-order valence-corrected chi connectivity index (χ2v) is 3.30. The molecule has 70 valence electrons. The second-order valence-electron chi connectivity index (χ2n) is 2.50. The average Bonchev–Trinajstić information content (AvgIpc) is 2.06. The molecule has 0 atom stereocenters. The number of carbonyl (C=O) groups is 1. The lowest BCUT2D eigenvalue weighted by Gasteiger charge is -2.04. The van der Waals surface area contributed by atoms with Crippen molar-refractivity contribution < 1.29 is 14.3 Å². The number of hydrogen-bond donors (Lipinski definition) is 2. The number of carboxylic acid groups (broad SMARTS) is 1. The van der Waals surface area contributed by atoms with Crippen molar-refractivity contribution in [3.05, 3.63) is 28.0 Å². The van der Waals surface area contributed by atoms with Crippen LogP contribution in [0, 0.1) is 5.82 Å². The van der Waals surface area contributed by atoms with E-state index in [1.807, 2.05) is 0 Å². The third-order valence-corrected chi connectivity index (χ3v) is 2.48. The zero-order chi connectivity index (χ0) is 10.0. The number of halogens is 2. The largest absolute Gasteiger partial charge is 0.481 e. The van der Waals surface area contributed by atoms with Gasteiger partial charge < -0.3 is 10.8 Å². The Morgan fingerprint density at radius 2 is 2.23 bits per heavy atom. The van der Waals surface area contributed by atoms with Crippen LogP contribution >= 0.6 is 15.9 Å². The first-order chi connectivity index (χ1) is 6.02. The van der Waals surface area contributed by atoms with Crippen LogP contribution in [0.1, 0.15) is 5.56 Å². The zero-order valence-corrected chi connectivity index (χ0v) is 8.14. The summed E-state index contributed by atoms with van der Waals surface area (Å²) in [6.07, 6.45) is -0.176. The summed E-state index contributed by atoms with van der Waals surface area (Å²) in [6, 6.07) is 2.54. The molecule has 0 radical (unpaired) electrons. The van der Waals surface area contributed by atoms with Crippen molar-refractivity contribution in [1.82, 2.24) is 0 Å². The number of nitrogen functional groups attached to an aromatic ring is 1. The predicted molar refractivity (Wildman–Crippen MR) is 49.9 cm³/mol. The summed E-state index contributed by atoms with van der Waals surface area (Å²) in [4.78, 5) is 10.4. The van der Waals surface area contributed by atoms with E-state index in [0.29, 0.717) is 10.0 Å². The fraction of sp³-hybridized carbons (Fsp3) is 0.125. The topological polar surface area (TPSA) is 63.3 Å². The van der Waals surface area contributed by atoms with Crippen molar-refractivity contribution in [2.75, 3.05) is 5.73 Å². The molecular formula is C8H7BrFNO2. The van der Waals surface area contributed by atoms with Gasteiger partial charge in [-0.2, -0.15) is 0 Å². The summed E-state index contributed by atoms with van der Waals surface area (Å²) >= 11 is 3.03. The van der Waals surface area contributed by atoms with Crippen LogP contribution in [0.4, 0.5) is 10.1 Å². The molecule has 1 aromatic carbocycles. The summed E-state index contributed by atoms with van der Waals surface area (Å²) in [7, 11) is 0. The standard InChI is InChI=1S/C8H7BrFNO2/c9-7-4(3-6(12)13)1-2-5(10)8(7)11/h1-2H,3,11H2,(H,12,13). The fourth-order valence-corrected chi connectivity index (χ4v) is 1.38. The number of rotatable bonds is 2. The summed E-state index contributed by atoms with van der Waals surface area (Å²) in [5.74, 6) is -1.53. The van der Waals surface area contributed by atoms with Crippen molar-refractivity contribution in [3.63, 3.8) is 0 Å². The van der Waals surface area contributed by atoms with Crippen LogP contribution < -0.4 is 5.73 Å². The molecule has 0 aliphatic heterocycles. The lowest BCUT2D eigenvalue weighted by Crippen LogP contribution is -2.03. The van der Waals surface area contributed by atoms with Gasteiger partial charge in [-0.25, -0.2) is 4.39 Å². The molecule has 0 unspecified atom stereocenters. The van der Waals surface area contributed by atoms with Crippen LogP contribution in [-0.2, 0) is 11.2 Å². The highest BCUT2D eigenvalue weighted by Crippen LogP contribution is 2.26. The third-order valence-electron chi connectivity index (χ3n) is 1.55. The number of benzene rings is 1. The van der Waals surface area contributed by atoms with Gasteiger partial charge in [0.15, 0.2) is 0 Å². The summed E-state index contributed by atoms with van der Waals surface area (Å²) in [5, 5.41) is 8.50. The Kier molecular flexibility index (Phi) is 2.87. The SMILES string of the molecule is Nc1c(F)ccc(CC(=O)O)c1Br. The highest BCUT2D eigenvalue weighted by molar-refractivity contribution is 9.10. The van der Waals surface area contributed by atoms with E-state index in [4.69, 9.17) is 10.8 Å². The third kappa shape index (κ3) is 2.18. The summed E-state index contributed by atoms with van der Waals surface area (Å²) in [5.41, 5.74) is 5.75. The van der Waals surface area contributed by atoms with E-state index in [1.54, 1.807) is 0 Å². The van der Waals surface area contributed by atoms with Gasteiger partial charge in [0.25, 0.3) is 0 Å². The summed E-state index contributed by atoms with van der Waals surface area (Å²) < 4.78 is 13.1. The Labute approximate surface area is 82.5 Å². The molecule has 1 rings (SSSR count). The molecule has 0 amide bonds. The molecule has 13 heavy (non-hydrogen) atoms. The highest BCUT2D eigenvalue weighted by Gasteiger charge is 2.10. The molecule has 3 nitrogen and oxygen atoms in total. The van der Waals surface area contributed by atoms with Crippen LogP contribution in [0.3, 0.4) is 0 Å². The van der Waals surface area contributed by atoms with E-state index < -0.39 is 11.8 Å². The lowest BCUT2D eigenvalue weighted by atomic mass is 10.1. The van der Waals surface area contributed by atoms with Gasteiger partial charge in [0.2, 0.25) is 0 Å². The van der Waals surface area contributed by atoms with E-state index in [0.717, 1.165) is 6.07 Å². The molecule has 1 aromatic rings. The first kappa shape index (κ1) is 9.98. The van der Waals surface area contributed by atoms with Crippen molar-refractivity contribution >= 4 is 27.6 Å². The van der Waals surface area contributed by atoms with Crippen LogP contribution in [0.15, 0.2) is 16.6 Å². The summed E-state index contributed by atoms with van der Waals surface area (Å²) in [6.45, 7) is 0. The van der Waals surface area contributed by atoms with E-state index in [9.17, 15) is 9.18 Å². The quantitative estimate of drug-likeness (QED) is 0.784. The van der Waals surface area contributed by atoms with E-state index in [2.05, 4.69) is 15.9 Å². The molecule has 0 saturated heterocycles. The number of hydrogen-bond acceptors (Lipinski definition) is 2. The first-order valence-electron chi connectivity index (χ1n) is 3.46. The van der Waals surface area contributed by atoms with Crippen LogP contribution in [0.5, 0.6) is 0 Å². The molecule has 5 heteroatoms. The molecular weight excluding hydrogens is 241 g/mol. The Morgan fingerprint density at radius 1 is 1.62 bits per heavy atom. The number of aliphatic carboxylic acids is 1. The molecule has 0 aliphatic rings. The predicted octanol–water partition coefficient (Wildman–Crippen LogP) is 1.80. The van der Waals surface area contributed by atoms with Crippen LogP contribution in [0.2, 0.25) is 0 Å². The Balaban J connectivity index is 3.10. The van der Waals surface area contributed by atoms with Gasteiger partial charge in [0.1, 0.15) is 5.82 Å². The van der Waals surface area contributed by atoms with Gasteiger partial charge in [0.05, 0.1) is 12.1 Å². The Morgan fingerprint density at radius 3 is 2.77 bits per heavy atom. The van der Waals surface area contributed by atoms with Gasteiger partial charge in [0, 0.05) is 4.47 Å². The van der Waals surface area contributed by atoms with Crippen LogP contribution in [0.25, 0.3) is 0 Å². The molecule has 3 N–H and O–H groups in total. The van der Waals surface area contributed by atoms with Crippen molar-refractivity contribution in [1.29, 1.82) is 0 Å². The maximum absolute atomic E-state index is 12.8. The minimum Gasteiger partial charge on any atom is -0.481 e. The molecule has 0 bridgehead atoms. The van der Waals surface area contributed by atoms with Crippen molar-refractivity contribution in [2.45, 2.75) is 6.42 Å². The number of anilines is 1. The van der Waals surface area contributed by atoms with Crippen molar-refractivity contribution in [2.24, 2.45) is 0 Å². The molecule has 0 aromatic heterocycles.